The van der Waals surface area contributed by atoms with Gasteiger partial charge in [-0.05, 0) is 92.0 Å². The van der Waals surface area contributed by atoms with Gasteiger partial charge in [0.2, 0.25) is 0 Å². The van der Waals surface area contributed by atoms with Gasteiger partial charge >= 0.3 is 17.9 Å². The molecule has 0 aromatic carbocycles. The Morgan fingerprint density at radius 2 is 1.73 bits per heavy atom. The van der Waals surface area contributed by atoms with Gasteiger partial charge in [0, 0.05) is 17.8 Å². The molecule has 1 aliphatic heterocycles. The average Bonchev–Trinajstić information content (AvgIpc) is 2.94. The molecule has 1 saturated heterocycles. The zero-order valence-electron chi connectivity index (χ0n) is 29.5. The molecule has 0 aromatic heterocycles. The lowest BCUT2D eigenvalue weighted by Gasteiger charge is -2.71. The van der Waals surface area contributed by atoms with Crippen molar-refractivity contribution in [3.05, 3.63) is 11.6 Å². The summed E-state index contributed by atoms with van der Waals surface area (Å²) in [7, 11) is 1.89. The number of esters is 2. The molecular weight excluding hydrogens is 570 g/mol. The molecule has 11 atom stereocenters. The van der Waals surface area contributed by atoms with E-state index in [1.54, 1.807) is 0 Å². The van der Waals surface area contributed by atoms with E-state index >= 15 is 0 Å². The number of carboxylic acid groups (broad SMARTS) is 1. The summed E-state index contributed by atoms with van der Waals surface area (Å²) >= 11 is 0. The SMILES string of the molecule is CCN(C)CC(=O)O[C@H]1[C@H](OC(C)=O)C[C@]23COC[C@@]1(C)[C@@H]2CC[C@H]1C3=CC[C@@]2(C)[C@H](C(=O)O)[C@@](C)([C@H](C)C(C)C)CC[C@]12C. The largest absolute Gasteiger partial charge is 0.481 e. The third-order valence-corrected chi connectivity index (χ3v) is 14.6. The quantitative estimate of drug-likeness (QED) is 0.244. The first-order chi connectivity index (χ1) is 20.9. The van der Waals surface area contributed by atoms with Gasteiger partial charge in [0.05, 0.1) is 25.7 Å². The highest BCUT2D eigenvalue weighted by atomic mass is 16.6. The minimum Gasteiger partial charge on any atom is -0.481 e. The minimum absolute atomic E-state index is 0.176. The first-order valence-corrected chi connectivity index (χ1v) is 17.5. The number of rotatable bonds is 8. The van der Waals surface area contributed by atoms with Crippen molar-refractivity contribution in [2.45, 2.75) is 113 Å². The van der Waals surface area contributed by atoms with Crippen LogP contribution in [0.4, 0.5) is 0 Å². The molecule has 0 amide bonds. The van der Waals surface area contributed by atoms with Gasteiger partial charge in [-0.3, -0.25) is 19.3 Å². The van der Waals surface area contributed by atoms with Crippen molar-refractivity contribution in [1.29, 1.82) is 0 Å². The number of aliphatic carboxylic acids is 1. The van der Waals surface area contributed by atoms with Gasteiger partial charge in [-0.25, -0.2) is 0 Å². The molecule has 0 spiro atoms. The maximum atomic E-state index is 13.3. The standard InChI is InChI=1S/C37H59NO7/c1-11-38(10)19-29(40)45-31-27(44-24(5)39)18-37-21-43-20-34(31,7)28(37)13-12-25-26(37)14-15-36(9)30(32(41)42)33(6,23(4)22(2)3)16-17-35(25,36)8/h14,22-23,25,27-28,30-31H,11-13,15-21H2,1-10H3,(H,41,42)/t23-,25+,27-,28+,30-,31+,33-,34+,35-,36+,37-/m1/s1. The number of likely N-dealkylation sites (N-methyl/N-ethyl adjacent to an activating group) is 1. The summed E-state index contributed by atoms with van der Waals surface area (Å²) in [4.78, 5) is 40.9. The molecule has 0 radical (unpaired) electrons. The molecule has 8 nitrogen and oxygen atoms in total. The second-order valence-corrected chi connectivity index (χ2v) is 16.9. The first-order valence-electron chi connectivity index (χ1n) is 17.5. The van der Waals surface area contributed by atoms with E-state index in [4.69, 9.17) is 14.2 Å². The highest BCUT2D eigenvalue weighted by Crippen LogP contribution is 2.75. The molecule has 254 valence electrons. The molecule has 3 saturated carbocycles. The van der Waals surface area contributed by atoms with Gasteiger partial charge in [-0.1, -0.05) is 67.0 Å². The van der Waals surface area contributed by atoms with E-state index in [-0.39, 0.29) is 52.5 Å². The van der Waals surface area contributed by atoms with Gasteiger partial charge in [-0.2, -0.15) is 0 Å². The van der Waals surface area contributed by atoms with Gasteiger partial charge < -0.3 is 19.3 Å². The predicted molar refractivity (Wildman–Crippen MR) is 172 cm³/mol. The summed E-state index contributed by atoms with van der Waals surface area (Å²) in [6.45, 7) is 21.1. The highest BCUT2D eigenvalue weighted by Gasteiger charge is 2.72. The van der Waals surface area contributed by atoms with Crippen LogP contribution in [0.25, 0.3) is 0 Å². The van der Waals surface area contributed by atoms with Crippen molar-refractivity contribution in [3.8, 4) is 0 Å². The van der Waals surface area contributed by atoms with Crippen LogP contribution in [0.5, 0.6) is 0 Å². The van der Waals surface area contributed by atoms with Gasteiger partial charge in [-0.15, -0.1) is 0 Å². The lowest BCUT2D eigenvalue weighted by atomic mass is 9.34. The molecule has 0 aromatic rings. The van der Waals surface area contributed by atoms with Crippen LogP contribution in [-0.2, 0) is 28.6 Å². The molecule has 0 unspecified atom stereocenters. The Balaban J connectivity index is 1.57. The zero-order valence-corrected chi connectivity index (χ0v) is 29.5. The van der Waals surface area contributed by atoms with Gasteiger partial charge in [0.25, 0.3) is 0 Å². The third-order valence-electron chi connectivity index (χ3n) is 14.6. The van der Waals surface area contributed by atoms with Gasteiger partial charge in [0.15, 0.2) is 0 Å². The van der Waals surface area contributed by atoms with Crippen molar-refractivity contribution >= 4 is 17.9 Å². The molecule has 4 aliphatic carbocycles. The summed E-state index contributed by atoms with van der Waals surface area (Å²) in [6.07, 6.45) is 6.28. The Kier molecular flexibility index (Phi) is 8.90. The number of allylic oxidation sites excluding steroid dienone is 1. The Hall–Kier alpha value is -1.93. The molecule has 1 N–H and O–H groups in total. The van der Waals surface area contributed by atoms with Crippen molar-refractivity contribution in [2.24, 2.45) is 56.7 Å². The number of carbonyl (C=O) groups is 3. The second kappa shape index (κ2) is 11.6. The Morgan fingerprint density at radius 3 is 2.33 bits per heavy atom. The van der Waals surface area contributed by atoms with Crippen LogP contribution < -0.4 is 0 Å². The van der Waals surface area contributed by atoms with Crippen LogP contribution in [0.1, 0.15) is 101 Å². The van der Waals surface area contributed by atoms with Gasteiger partial charge in [0.1, 0.15) is 12.2 Å². The number of nitrogens with zero attached hydrogens (tertiary/aromatic N) is 1. The number of carboxylic acids is 1. The summed E-state index contributed by atoms with van der Waals surface area (Å²) in [5.41, 5.74) is -0.397. The van der Waals surface area contributed by atoms with E-state index in [0.29, 0.717) is 32.0 Å². The van der Waals surface area contributed by atoms with Crippen LogP contribution in [0, 0.1) is 56.7 Å². The summed E-state index contributed by atoms with van der Waals surface area (Å²) < 4.78 is 18.8. The molecule has 45 heavy (non-hydrogen) atoms. The Bertz CT molecular complexity index is 1230. The summed E-state index contributed by atoms with van der Waals surface area (Å²) in [6, 6.07) is 0. The summed E-state index contributed by atoms with van der Waals surface area (Å²) in [5.74, 6) is -0.697. The predicted octanol–water partition coefficient (Wildman–Crippen LogP) is 6.37. The third kappa shape index (κ3) is 5.01. The molecule has 4 fully saturated rings. The number of hydrogen-bond acceptors (Lipinski definition) is 7. The van der Waals surface area contributed by atoms with Crippen LogP contribution in [0.15, 0.2) is 11.6 Å². The van der Waals surface area contributed by atoms with Crippen LogP contribution in [-0.4, -0.2) is 73.5 Å². The van der Waals surface area contributed by atoms with Crippen LogP contribution >= 0.6 is 0 Å². The maximum Gasteiger partial charge on any atom is 0.320 e. The molecule has 5 rings (SSSR count). The van der Waals surface area contributed by atoms with E-state index in [9.17, 15) is 19.5 Å². The fraction of sp³-hybridized carbons (Fsp3) is 0.865. The van der Waals surface area contributed by atoms with Crippen molar-refractivity contribution < 1.29 is 33.7 Å². The minimum atomic E-state index is -0.665. The topological polar surface area (TPSA) is 102 Å². The second-order valence-electron chi connectivity index (χ2n) is 16.9. The van der Waals surface area contributed by atoms with E-state index in [2.05, 4.69) is 54.5 Å². The molecular formula is C37H59NO7. The number of fused-ring (bicyclic) bond motifs is 3. The van der Waals surface area contributed by atoms with Crippen molar-refractivity contribution in [1.82, 2.24) is 4.90 Å². The van der Waals surface area contributed by atoms with E-state index in [0.717, 1.165) is 32.2 Å². The smallest absolute Gasteiger partial charge is 0.320 e. The van der Waals surface area contributed by atoms with E-state index < -0.39 is 34.9 Å². The molecule has 5 aliphatic rings. The van der Waals surface area contributed by atoms with Crippen LogP contribution in [0.2, 0.25) is 0 Å². The lowest BCUT2D eigenvalue weighted by Crippen LogP contribution is -2.70. The van der Waals surface area contributed by atoms with Crippen LogP contribution in [0.3, 0.4) is 0 Å². The highest BCUT2D eigenvalue weighted by molar-refractivity contribution is 5.73. The fourth-order valence-electron chi connectivity index (χ4n) is 11.6. The average molecular weight is 630 g/mol. The molecule has 1 heterocycles. The first kappa shape index (κ1) is 34.4. The zero-order chi connectivity index (χ0) is 33.3. The Morgan fingerprint density at radius 1 is 1.04 bits per heavy atom. The number of ether oxygens (including phenoxy) is 3. The van der Waals surface area contributed by atoms with Crippen molar-refractivity contribution in [2.75, 3.05) is 33.4 Å². The maximum absolute atomic E-state index is 13.3. The number of carbonyl (C=O) groups excluding carboxylic acids is 2. The summed E-state index contributed by atoms with van der Waals surface area (Å²) in [5, 5.41) is 10.9. The number of hydrogen-bond donors (Lipinski definition) is 1. The molecule has 8 heteroatoms. The monoisotopic (exact) mass is 629 g/mol. The normalized spacial score (nSPS) is 44.6. The Labute approximate surface area is 271 Å². The van der Waals surface area contributed by atoms with E-state index in [1.807, 2.05) is 18.9 Å². The lowest BCUT2D eigenvalue weighted by molar-refractivity contribution is -0.263. The molecule has 2 bridgehead atoms. The van der Waals surface area contributed by atoms with E-state index in [1.165, 1.54) is 12.5 Å². The fourth-order valence-corrected chi connectivity index (χ4v) is 11.6. The van der Waals surface area contributed by atoms with Crippen molar-refractivity contribution in [3.63, 3.8) is 0 Å².